The molecule has 1 aliphatic carbocycles. The van der Waals surface area contributed by atoms with Gasteiger partial charge >= 0.3 is 0 Å². The normalized spacial score (nSPS) is 23.8. The number of amides is 1. The van der Waals surface area contributed by atoms with Crippen LogP contribution in [0.3, 0.4) is 0 Å². The number of aromatic nitrogens is 2. The van der Waals surface area contributed by atoms with E-state index in [0.29, 0.717) is 54.3 Å². The van der Waals surface area contributed by atoms with E-state index in [1.165, 1.54) is 13.2 Å². The monoisotopic (exact) mass is 546 g/mol. The van der Waals surface area contributed by atoms with Gasteiger partial charge in [0.2, 0.25) is 0 Å². The van der Waals surface area contributed by atoms with Crippen LogP contribution in [0.15, 0.2) is 30.5 Å². The molecular formula is C27H29ClF2N4O4. The minimum absolute atomic E-state index is 0. The van der Waals surface area contributed by atoms with Gasteiger partial charge in [-0.3, -0.25) is 9.78 Å². The molecular weight excluding hydrogens is 518 g/mol. The molecule has 0 atom stereocenters. The first-order valence-electron chi connectivity index (χ1n) is 12.5. The zero-order valence-electron chi connectivity index (χ0n) is 20.9. The molecule has 7 rings (SSSR count). The van der Waals surface area contributed by atoms with Crippen LogP contribution in [0.25, 0.3) is 10.9 Å². The Hall–Kier alpha value is -3.08. The number of ether oxygens (including phenoxy) is 3. The molecule has 1 amide bonds. The van der Waals surface area contributed by atoms with Crippen molar-refractivity contribution < 1.29 is 27.8 Å². The number of fused-ring (bicyclic) bond motifs is 5. The van der Waals surface area contributed by atoms with Crippen LogP contribution in [0.1, 0.15) is 43.4 Å². The summed E-state index contributed by atoms with van der Waals surface area (Å²) in [7, 11) is 1.46. The van der Waals surface area contributed by atoms with E-state index >= 15 is 0 Å². The second-order valence-electron chi connectivity index (χ2n) is 10.2. The smallest absolute Gasteiger partial charge is 0.263 e. The van der Waals surface area contributed by atoms with Gasteiger partial charge in [0.15, 0.2) is 24.0 Å². The maximum absolute atomic E-state index is 14.8. The van der Waals surface area contributed by atoms with E-state index in [9.17, 15) is 13.6 Å². The zero-order chi connectivity index (χ0) is 25.6. The van der Waals surface area contributed by atoms with Crippen molar-refractivity contribution in [1.29, 1.82) is 0 Å². The molecule has 3 fully saturated rings. The predicted molar refractivity (Wildman–Crippen MR) is 139 cm³/mol. The molecule has 0 spiro atoms. The lowest BCUT2D eigenvalue weighted by molar-refractivity contribution is -0.165. The quantitative estimate of drug-likeness (QED) is 0.451. The number of carbonyl (C=O) groups is 1. The maximum Gasteiger partial charge on any atom is 0.263 e. The van der Waals surface area contributed by atoms with E-state index in [2.05, 4.69) is 20.6 Å². The van der Waals surface area contributed by atoms with Gasteiger partial charge in [0.05, 0.1) is 31.2 Å². The number of nitrogens with one attached hydrogen (secondary N) is 2. The maximum atomic E-state index is 14.8. The fourth-order valence-electron chi connectivity index (χ4n) is 5.68. The summed E-state index contributed by atoms with van der Waals surface area (Å²) in [6.45, 7) is 1.10. The molecule has 2 bridgehead atoms. The van der Waals surface area contributed by atoms with Gasteiger partial charge in [0, 0.05) is 23.5 Å². The number of benzene rings is 1. The number of hydrogen-bond donors (Lipinski definition) is 2. The molecule has 0 radical (unpaired) electrons. The lowest BCUT2D eigenvalue weighted by atomic mass is 9.69. The molecule has 4 aliphatic rings. The van der Waals surface area contributed by atoms with E-state index in [-0.39, 0.29) is 41.6 Å². The Morgan fingerprint density at radius 3 is 2.71 bits per heavy atom. The third kappa shape index (κ3) is 4.88. The first-order chi connectivity index (χ1) is 17.9. The molecule has 8 nitrogen and oxygen atoms in total. The van der Waals surface area contributed by atoms with Gasteiger partial charge in [-0.25, -0.2) is 13.8 Å². The molecule has 1 aromatic carbocycles. The van der Waals surface area contributed by atoms with Crippen molar-refractivity contribution in [3.63, 3.8) is 0 Å². The van der Waals surface area contributed by atoms with E-state index in [0.717, 1.165) is 37.6 Å². The van der Waals surface area contributed by atoms with Crippen molar-refractivity contribution in [2.75, 3.05) is 25.6 Å². The largest absolute Gasteiger partial charge is 0.497 e. The van der Waals surface area contributed by atoms with E-state index in [4.69, 9.17) is 14.2 Å². The third-order valence-corrected chi connectivity index (χ3v) is 7.97. The summed E-state index contributed by atoms with van der Waals surface area (Å²) in [5.41, 5.74) is 0.923. The van der Waals surface area contributed by atoms with Crippen LogP contribution in [-0.4, -0.2) is 47.3 Å². The summed E-state index contributed by atoms with van der Waals surface area (Å²) >= 11 is 0. The second kappa shape index (κ2) is 10.2. The number of aryl methyl sites for hydroxylation is 1. The molecule has 2 saturated heterocycles. The summed E-state index contributed by atoms with van der Waals surface area (Å²) in [4.78, 5) is 20.1. The van der Waals surface area contributed by atoms with Gasteiger partial charge in [0.25, 0.3) is 5.91 Å². The third-order valence-electron chi connectivity index (χ3n) is 7.97. The lowest BCUT2D eigenvalue weighted by Gasteiger charge is -2.53. The minimum atomic E-state index is -0.528. The molecule has 38 heavy (non-hydrogen) atoms. The number of hydrogen-bond acceptors (Lipinski definition) is 7. The molecule has 202 valence electrons. The van der Waals surface area contributed by atoms with Crippen molar-refractivity contribution in [3.8, 4) is 11.5 Å². The zero-order valence-corrected chi connectivity index (χ0v) is 21.8. The average molecular weight is 547 g/mol. The van der Waals surface area contributed by atoms with Gasteiger partial charge in [-0.05, 0) is 62.3 Å². The van der Waals surface area contributed by atoms with Crippen LogP contribution in [0.4, 0.5) is 14.6 Å². The molecule has 3 aromatic rings. The molecule has 0 unspecified atom stereocenters. The van der Waals surface area contributed by atoms with E-state index in [1.54, 1.807) is 6.07 Å². The van der Waals surface area contributed by atoms with Crippen molar-refractivity contribution in [1.82, 2.24) is 15.3 Å². The fourth-order valence-corrected chi connectivity index (χ4v) is 5.68. The van der Waals surface area contributed by atoms with Crippen LogP contribution in [0, 0.1) is 11.6 Å². The van der Waals surface area contributed by atoms with Crippen LogP contribution < -0.4 is 20.1 Å². The number of rotatable bonds is 7. The summed E-state index contributed by atoms with van der Waals surface area (Å²) in [5.74, 6) is 0.172. The van der Waals surface area contributed by atoms with Crippen LogP contribution in [0.5, 0.6) is 11.5 Å². The molecule has 5 heterocycles. The van der Waals surface area contributed by atoms with Crippen molar-refractivity contribution >= 4 is 35.0 Å². The van der Waals surface area contributed by atoms with Gasteiger partial charge < -0.3 is 24.8 Å². The molecule has 3 aliphatic heterocycles. The van der Waals surface area contributed by atoms with Gasteiger partial charge in [-0.1, -0.05) is 0 Å². The summed E-state index contributed by atoms with van der Waals surface area (Å²) in [6, 6.07) is 6.62. The summed E-state index contributed by atoms with van der Waals surface area (Å²) in [6.07, 6.45) is 5.72. The number of nitrogens with zero attached hydrogens (tertiary/aromatic N) is 2. The average Bonchev–Trinajstić information content (AvgIpc) is 2.92. The Bertz CT molecular complexity index is 1360. The fraction of sp³-hybridized carbons (Fsp3) is 0.444. The molecule has 2 aromatic heterocycles. The van der Waals surface area contributed by atoms with Crippen molar-refractivity contribution in [2.24, 2.45) is 0 Å². The number of pyridine rings is 2. The van der Waals surface area contributed by atoms with Gasteiger partial charge in [0.1, 0.15) is 17.1 Å². The lowest BCUT2D eigenvalue weighted by Crippen LogP contribution is -2.61. The van der Waals surface area contributed by atoms with Crippen LogP contribution in [-0.2, 0) is 22.5 Å². The molecule has 1 saturated carbocycles. The SMILES string of the molecule is COc1cc(F)c2ncc(F)c(CCC34CCC(NCc5ccc6c(n5)NC(=O)CO6)(CC3)CO4)c2c1.Cl. The topological polar surface area (TPSA) is 94.6 Å². The Morgan fingerprint density at radius 1 is 1.16 bits per heavy atom. The molecule has 2 N–H and O–H groups in total. The Labute approximate surface area is 224 Å². The minimum Gasteiger partial charge on any atom is -0.497 e. The van der Waals surface area contributed by atoms with Gasteiger partial charge in [-0.2, -0.15) is 0 Å². The number of anilines is 1. The number of methoxy groups -OCH3 is 1. The van der Waals surface area contributed by atoms with Crippen molar-refractivity contribution in [3.05, 3.63) is 53.4 Å². The summed E-state index contributed by atoms with van der Waals surface area (Å²) < 4.78 is 46.3. The summed E-state index contributed by atoms with van der Waals surface area (Å²) in [5, 5.41) is 6.82. The molecule has 11 heteroatoms. The van der Waals surface area contributed by atoms with Gasteiger partial charge in [-0.15, -0.1) is 12.4 Å². The highest BCUT2D eigenvalue weighted by Gasteiger charge is 2.49. The van der Waals surface area contributed by atoms with Crippen molar-refractivity contribution in [2.45, 2.75) is 56.2 Å². The Kier molecular flexibility index (Phi) is 7.15. The number of carbonyl (C=O) groups excluding carboxylic acids is 1. The van der Waals surface area contributed by atoms with E-state index < -0.39 is 11.6 Å². The highest BCUT2D eigenvalue weighted by atomic mass is 35.5. The predicted octanol–water partition coefficient (Wildman–Crippen LogP) is 4.47. The number of halogens is 3. The Balaban J connectivity index is 0.00000294. The second-order valence-corrected chi connectivity index (χ2v) is 10.2. The van der Waals surface area contributed by atoms with Crippen LogP contribution >= 0.6 is 12.4 Å². The first-order valence-corrected chi connectivity index (χ1v) is 12.5. The first kappa shape index (κ1) is 26.5. The van der Waals surface area contributed by atoms with E-state index in [1.807, 2.05) is 12.1 Å². The highest BCUT2D eigenvalue weighted by Crippen LogP contribution is 2.46. The standard InChI is InChI=1S/C27H28F2N4O4.ClH/c1-35-17-10-19-18(21(29)13-30-24(19)20(28)11-17)4-5-27-8-6-26(7-9-27,15-37-27)31-12-16-2-3-22-25(32-16)33-23(34)14-36-22;/h2-3,10-11,13,31H,4-9,12,14-15H2,1H3,(H,32,33,34);1H. The highest BCUT2D eigenvalue weighted by molar-refractivity contribution is 5.94. The van der Waals surface area contributed by atoms with Crippen LogP contribution in [0.2, 0.25) is 0 Å². The Morgan fingerprint density at radius 2 is 1.97 bits per heavy atom.